The maximum Gasteiger partial charge on any atom is 0.257 e. The van der Waals surface area contributed by atoms with E-state index in [2.05, 4.69) is 14.7 Å². The fraction of sp³-hybridized carbons (Fsp3) is 0.0909. The molecule has 0 spiro atoms. The number of nitrogen functional groups attached to an aromatic ring is 1. The zero-order valence-electron chi connectivity index (χ0n) is 9.92. The van der Waals surface area contributed by atoms with Crippen molar-refractivity contribution in [2.45, 2.75) is 11.6 Å². The zero-order valence-corrected chi connectivity index (χ0v) is 10.7. The molecule has 0 amide bonds. The molecule has 8 heteroatoms. The van der Waals surface area contributed by atoms with Gasteiger partial charge >= 0.3 is 0 Å². The molecule has 0 bridgehead atoms. The lowest BCUT2D eigenvalue weighted by molar-refractivity contribution is 0.578. The summed E-state index contributed by atoms with van der Waals surface area (Å²) in [4.78, 5) is 6.19. The summed E-state index contributed by atoms with van der Waals surface area (Å²) in [7, 11) is -3.60. The minimum Gasteiger partial charge on any atom is -0.384 e. The molecule has 19 heavy (non-hydrogen) atoms. The first-order chi connectivity index (χ1) is 8.99. The standard InChI is InChI=1S/C11H13N5O2S/c12-11(13)9-3-1-2-8(4-9)5-16-19(17,18)10-6-14-7-15-10/h1-4,6-7,16H,5H2,(H3,12,13)(H,14,15). The minimum absolute atomic E-state index is 0.00947. The van der Waals surface area contributed by atoms with E-state index in [1.54, 1.807) is 24.3 Å². The van der Waals surface area contributed by atoms with Gasteiger partial charge in [-0.15, -0.1) is 0 Å². The smallest absolute Gasteiger partial charge is 0.257 e. The number of hydrogen-bond acceptors (Lipinski definition) is 4. The lowest BCUT2D eigenvalue weighted by Gasteiger charge is -2.06. The van der Waals surface area contributed by atoms with Crippen molar-refractivity contribution < 1.29 is 8.42 Å². The van der Waals surface area contributed by atoms with Gasteiger partial charge in [-0.2, -0.15) is 0 Å². The molecule has 0 aliphatic rings. The summed E-state index contributed by atoms with van der Waals surface area (Å²) in [6, 6.07) is 6.82. The van der Waals surface area contributed by atoms with Crippen molar-refractivity contribution in [3.05, 3.63) is 47.9 Å². The Morgan fingerprint density at radius 1 is 1.47 bits per heavy atom. The van der Waals surface area contributed by atoms with Crippen LogP contribution < -0.4 is 10.5 Å². The number of nitrogens with two attached hydrogens (primary N) is 1. The molecular formula is C11H13N5O2S. The Labute approximate surface area is 110 Å². The molecule has 1 heterocycles. The number of nitrogens with one attached hydrogen (secondary N) is 3. The first kappa shape index (κ1) is 13.2. The van der Waals surface area contributed by atoms with Gasteiger partial charge in [-0.05, 0) is 11.6 Å². The molecule has 2 rings (SSSR count). The molecule has 100 valence electrons. The third-order valence-corrected chi connectivity index (χ3v) is 3.79. The predicted molar refractivity (Wildman–Crippen MR) is 70.1 cm³/mol. The van der Waals surface area contributed by atoms with Gasteiger partial charge in [-0.3, -0.25) is 5.41 Å². The van der Waals surface area contributed by atoms with Crippen molar-refractivity contribution in [3.8, 4) is 0 Å². The van der Waals surface area contributed by atoms with Crippen molar-refractivity contribution >= 4 is 15.9 Å². The predicted octanol–water partition coefficient (Wildman–Crippen LogP) is 0.172. The highest BCUT2D eigenvalue weighted by Gasteiger charge is 2.14. The number of aromatic nitrogens is 2. The van der Waals surface area contributed by atoms with Gasteiger partial charge in [0.1, 0.15) is 5.84 Å². The Morgan fingerprint density at radius 3 is 2.89 bits per heavy atom. The second-order valence-electron chi connectivity index (χ2n) is 3.85. The monoisotopic (exact) mass is 279 g/mol. The summed E-state index contributed by atoms with van der Waals surface area (Å²) in [5.74, 6) is -0.0572. The maximum atomic E-state index is 11.8. The number of H-pyrrole nitrogens is 1. The van der Waals surface area contributed by atoms with Crippen molar-refractivity contribution in [1.82, 2.24) is 14.7 Å². The Bertz CT molecular complexity index is 679. The van der Waals surface area contributed by atoms with E-state index < -0.39 is 10.0 Å². The van der Waals surface area contributed by atoms with E-state index in [-0.39, 0.29) is 17.4 Å². The zero-order chi connectivity index (χ0) is 13.9. The highest BCUT2D eigenvalue weighted by molar-refractivity contribution is 7.89. The van der Waals surface area contributed by atoms with Crippen molar-refractivity contribution in [2.75, 3.05) is 0 Å². The Balaban J connectivity index is 2.11. The van der Waals surface area contributed by atoms with Gasteiger partial charge in [0.15, 0.2) is 5.03 Å². The van der Waals surface area contributed by atoms with Gasteiger partial charge in [0, 0.05) is 12.1 Å². The lowest BCUT2D eigenvalue weighted by Crippen LogP contribution is -2.23. The van der Waals surface area contributed by atoms with Crippen molar-refractivity contribution in [1.29, 1.82) is 5.41 Å². The van der Waals surface area contributed by atoms with Gasteiger partial charge in [0.2, 0.25) is 0 Å². The number of hydrogen-bond donors (Lipinski definition) is 4. The number of rotatable bonds is 5. The second kappa shape index (κ2) is 5.21. The van der Waals surface area contributed by atoms with Gasteiger partial charge in [-0.25, -0.2) is 18.1 Å². The number of amidine groups is 1. The quantitative estimate of drug-likeness (QED) is 0.460. The number of benzene rings is 1. The first-order valence-corrected chi connectivity index (χ1v) is 6.89. The molecule has 0 aliphatic carbocycles. The van der Waals surface area contributed by atoms with E-state index >= 15 is 0 Å². The van der Waals surface area contributed by atoms with Crippen LogP contribution in [0, 0.1) is 5.41 Å². The van der Waals surface area contributed by atoms with Crippen LogP contribution in [0.4, 0.5) is 0 Å². The van der Waals surface area contributed by atoms with Crippen molar-refractivity contribution in [3.63, 3.8) is 0 Å². The summed E-state index contributed by atoms with van der Waals surface area (Å²) < 4.78 is 26.1. The molecule has 0 atom stereocenters. The van der Waals surface area contributed by atoms with Gasteiger partial charge in [-0.1, -0.05) is 18.2 Å². The van der Waals surface area contributed by atoms with E-state index in [0.29, 0.717) is 5.56 Å². The third-order valence-electron chi connectivity index (χ3n) is 2.47. The molecule has 0 saturated heterocycles. The molecular weight excluding hydrogens is 266 g/mol. The average Bonchev–Trinajstić information content (AvgIpc) is 2.91. The van der Waals surface area contributed by atoms with Crippen LogP contribution in [0.1, 0.15) is 11.1 Å². The Hall–Kier alpha value is -2.19. The Morgan fingerprint density at radius 2 is 2.26 bits per heavy atom. The van der Waals surface area contributed by atoms with E-state index in [9.17, 15) is 8.42 Å². The van der Waals surface area contributed by atoms with Crippen molar-refractivity contribution in [2.24, 2.45) is 5.73 Å². The highest BCUT2D eigenvalue weighted by Crippen LogP contribution is 2.07. The normalized spacial score (nSPS) is 11.4. The number of sulfonamides is 1. The number of aromatic amines is 1. The van der Waals surface area contributed by atoms with Crippen LogP contribution in [0.2, 0.25) is 0 Å². The van der Waals surface area contributed by atoms with E-state index in [1.807, 2.05) is 0 Å². The van der Waals surface area contributed by atoms with Crippen LogP contribution in [0.3, 0.4) is 0 Å². The molecule has 1 aromatic carbocycles. The van der Waals surface area contributed by atoms with Gasteiger partial charge in [0.05, 0.1) is 12.5 Å². The summed E-state index contributed by atoms with van der Waals surface area (Å²) in [5.41, 5.74) is 6.65. The molecule has 0 fully saturated rings. The average molecular weight is 279 g/mol. The summed E-state index contributed by atoms with van der Waals surface area (Å²) in [6.07, 6.45) is 2.53. The van der Waals surface area contributed by atoms with Gasteiger partial charge in [0.25, 0.3) is 10.0 Å². The van der Waals surface area contributed by atoms with Crippen LogP contribution in [0.15, 0.2) is 41.8 Å². The second-order valence-corrected chi connectivity index (χ2v) is 5.59. The summed E-state index contributed by atoms with van der Waals surface area (Å²) in [6.45, 7) is 0.114. The molecule has 0 saturated carbocycles. The molecule has 1 aromatic heterocycles. The minimum atomic E-state index is -3.60. The highest BCUT2D eigenvalue weighted by atomic mass is 32.2. The lowest BCUT2D eigenvalue weighted by atomic mass is 10.1. The fourth-order valence-corrected chi connectivity index (χ4v) is 2.41. The molecule has 2 aromatic rings. The van der Waals surface area contributed by atoms with Gasteiger partial charge < -0.3 is 10.7 Å². The molecule has 0 aliphatic heterocycles. The molecule has 0 unspecified atom stereocenters. The Kier molecular flexibility index (Phi) is 3.63. The van der Waals surface area contributed by atoms with Crippen LogP contribution in [-0.2, 0) is 16.6 Å². The van der Waals surface area contributed by atoms with E-state index in [0.717, 1.165) is 5.56 Å². The fourth-order valence-electron chi connectivity index (χ4n) is 1.50. The topological polar surface area (TPSA) is 125 Å². The summed E-state index contributed by atoms with van der Waals surface area (Å²) in [5, 5.41) is 7.34. The third kappa shape index (κ3) is 3.18. The largest absolute Gasteiger partial charge is 0.384 e. The van der Waals surface area contributed by atoms with Crippen LogP contribution >= 0.6 is 0 Å². The van der Waals surface area contributed by atoms with E-state index in [4.69, 9.17) is 11.1 Å². The first-order valence-electron chi connectivity index (χ1n) is 5.40. The molecule has 5 N–H and O–H groups in total. The van der Waals surface area contributed by atoms with E-state index in [1.165, 1.54) is 12.5 Å². The van der Waals surface area contributed by atoms with Crippen LogP contribution in [0.5, 0.6) is 0 Å². The number of nitrogens with zero attached hydrogens (tertiary/aromatic N) is 1. The number of imidazole rings is 1. The maximum absolute atomic E-state index is 11.8. The molecule has 7 nitrogen and oxygen atoms in total. The van der Waals surface area contributed by atoms with Crippen LogP contribution in [0.25, 0.3) is 0 Å². The SMILES string of the molecule is N=C(N)c1cccc(CNS(=O)(=O)c2cnc[nH]2)c1. The summed E-state index contributed by atoms with van der Waals surface area (Å²) >= 11 is 0. The van der Waals surface area contributed by atoms with Crippen LogP contribution in [-0.4, -0.2) is 24.2 Å². The molecule has 0 radical (unpaired) electrons.